The van der Waals surface area contributed by atoms with Gasteiger partial charge in [0.05, 0.1) is 22.7 Å². The maximum Gasteiger partial charge on any atom is 0.261 e. The number of nitrogens with one attached hydrogen (secondary N) is 1. The summed E-state index contributed by atoms with van der Waals surface area (Å²) in [6.07, 6.45) is 0. The Balaban J connectivity index is 1.69. The molecule has 0 aliphatic carbocycles. The highest BCUT2D eigenvalue weighted by molar-refractivity contribution is 7.12. The number of amides is 1. The number of hydrogen-bond donors (Lipinski definition) is 1. The van der Waals surface area contributed by atoms with Gasteiger partial charge in [-0.05, 0) is 49.9 Å². The van der Waals surface area contributed by atoms with Gasteiger partial charge in [0.25, 0.3) is 5.91 Å². The molecule has 114 valence electrons. The molecule has 0 unspecified atom stereocenters. The quantitative estimate of drug-likeness (QED) is 0.794. The van der Waals surface area contributed by atoms with Crippen LogP contribution in [-0.4, -0.2) is 11.1 Å². The van der Waals surface area contributed by atoms with Crippen molar-refractivity contribution in [1.82, 2.24) is 10.5 Å². The molecular formula is C16H16N2O3S. The zero-order valence-electron chi connectivity index (χ0n) is 12.6. The Kier molecular flexibility index (Phi) is 3.85. The van der Waals surface area contributed by atoms with Crippen molar-refractivity contribution < 1.29 is 13.7 Å². The van der Waals surface area contributed by atoms with E-state index in [0.717, 1.165) is 22.6 Å². The first-order chi connectivity index (χ1) is 10.5. The fourth-order valence-electron chi connectivity index (χ4n) is 2.25. The van der Waals surface area contributed by atoms with Gasteiger partial charge in [-0.15, -0.1) is 11.3 Å². The second-order valence-electron chi connectivity index (χ2n) is 5.14. The molecule has 0 fully saturated rings. The second kappa shape index (κ2) is 5.81. The number of carbonyl (C=O) groups excluding carboxylic acids is 1. The van der Waals surface area contributed by atoms with Gasteiger partial charge in [0.1, 0.15) is 17.3 Å². The number of thiophene rings is 1. The number of rotatable bonds is 4. The molecule has 1 amide bonds. The zero-order chi connectivity index (χ0) is 15.7. The monoisotopic (exact) mass is 316 g/mol. The number of nitrogens with zero attached hydrogens (tertiary/aromatic N) is 1. The highest BCUT2D eigenvalue weighted by atomic mass is 32.1. The number of carbonyl (C=O) groups is 1. The average molecular weight is 316 g/mol. The Morgan fingerprint density at radius 3 is 2.77 bits per heavy atom. The first-order valence-electron chi connectivity index (χ1n) is 6.90. The first-order valence-corrected chi connectivity index (χ1v) is 7.78. The largest absolute Gasteiger partial charge is 0.459 e. The summed E-state index contributed by atoms with van der Waals surface area (Å²) in [5.74, 6) is 2.02. The van der Waals surface area contributed by atoms with E-state index in [4.69, 9.17) is 8.94 Å². The Morgan fingerprint density at radius 1 is 1.32 bits per heavy atom. The van der Waals surface area contributed by atoms with Gasteiger partial charge in [0.15, 0.2) is 0 Å². The Morgan fingerprint density at radius 2 is 2.14 bits per heavy atom. The van der Waals surface area contributed by atoms with E-state index < -0.39 is 0 Å². The molecule has 22 heavy (non-hydrogen) atoms. The molecule has 0 radical (unpaired) electrons. The lowest BCUT2D eigenvalue weighted by Gasteiger charge is -2.01. The van der Waals surface area contributed by atoms with Gasteiger partial charge < -0.3 is 14.3 Å². The molecule has 0 saturated carbocycles. The van der Waals surface area contributed by atoms with Gasteiger partial charge in [0.2, 0.25) is 0 Å². The van der Waals surface area contributed by atoms with Gasteiger partial charge in [0, 0.05) is 0 Å². The van der Waals surface area contributed by atoms with Crippen LogP contribution < -0.4 is 5.32 Å². The summed E-state index contributed by atoms with van der Waals surface area (Å²) in [5, 5.41) is 8.73. The second-order valence-corrected chi connectivity index (χ2v) is 6.05. The highest BCUT2D eigenvalue weighted by Crippen LogP contribution is 2.28. The Hall–Kier alpha value is -2.34. The molecule has 0 aromatic carbocycles. The predicted octanol–water partition coefficient (Wildman–Crippen LogP) is 3.85. The van der Waals surface area contributed by atoms with E-state index in [1.165, 1.54) is 11.3 Å². The van der Waals surface area contributed by atoms with Crippen molar-refractivity contribution in [3.05, 3.63) is 51.2 Å². The highest BCUT2D eigenvalue weighted by Gasteiger charge is 2.15. The maximum absolute atomic E-state index is 12.0. The molecule has 3 aromatic heterocycles. The molecule has 1 N–H and O–H groups in total. The van der Waals surface area contributed by atoms with E-state index in [-0.39, 0.29) is 5.91 Å². The van der Waals surface area contributed by atoms with Crippen LogP contribution in [0.4, 0.5) is 0 Å². The van der Waals surface area contributed by atoms with Crippen LogP contribution in [0.1, 0.15) is 32.4 Å². The number of aromatic nitrogens is 1. The smallest absolute Gasteiger partial charge is 0.261 e. The van der Waals surface area contributed by atoms with E-state index in [2.05, 4.69) is 10.5 Å². The molecule has 3 aromatic rings. The molecular weight excluding hydrogens is 300 g/mol. The van der Waals surface area contributed by atoms with E-state index in [0.29, 0.717) is 22.9 Å². The molecule has 0 saturated heterocycles. The summed E-state index contributed by atoms with van der Waals surface area (Å²) >= 11 is 1.44. The van der Waals surface area contributed by atoms with Gasteiger partial charge in [-0.25, -0.2) is 0 Å². The van der Waals surface area contributed by atoms with Crippen LogP contribution in [0, 0.1) is 20.8 Å². The van der Waals surface area contributed by atoms with Crippen molar-refractivity contribution >= 4 is 17.2 Å². The lowest BCUT2D eigenvalue weighted by Crippen LogP contribution is -2.21. The number of hydrogen-bond acceptors (Lipinski definition) is 5. The van der Waals surface area contributed by atoms with Crippen LogP contribution in [0.2, 0.25) is 0 Å². The fourth-order valence-corrected chi connectivity index (χ4v) is 3.06. The molecule has 0 aliphatic rings. The minimum Gasteiger partial charge on any atom is -0.459 e. The van der Waals surface area contributed by atoms with Crippen LogP contribution in [-0.2, 0) is 6.54 Å². The normalized spacial score (nSPS) is 10.9. The minimum atomic E-state index is -0.0895. The summed E-state index contributed by atoms with van der Waals surface area (Å²) in [7, 11) is 0. The summed E-state index contributed by atoms with van der Waals surface area (Å²) < 4.78 is 10.9. The predicted molar refractivity (Wildman–Crippen MR) is 83.9 cm³/mol. The molecule has 3 heterocycles. The van der Waals surface area contributed by atoms with Crippen LogP contribution >= 0.6 is 11.3 Å². The molecule has 0 bridgehead atoms. The lowest BCUT2D eigenvalue weighted by molar-refractivity contribution is 0.0952. The van der Waals surface area contributed by atoms with Gasteiger partial charge in [-0.2, -0.15) is 0 Å². The molecule has 0 atom stereocenters. The van der Waals surface area contributed by atoms with Crippen LogP contribution in [0.15, 0.2) is 32.5 Å². The Labute approximate surface area is 131 Å². The molecule has 0 aliphatic heterocycles. The fraction of sp³-hybridized carbons (Fsp3) is 0.250. The van der Waals surface area contributed by atoms with E-state index >= 15 is 0 Å². The Bertz CT molecular complexity index is 794. The van der Waals surface area contributed by atoms with Crippen molar-refractivity contribution in [2.45, 2.75) is 27.3 Å². The topological polar surface area (TPSA) is 68.3 Å². The third-order valence-electron chi connectivity index (χ3n) is 3.32. The summed E-state index contributed by atoms with van der Waals surface area (Å²) in [6, 6.07) is 5.59. The van der Waals surface area contributed by atoms with E-state index in [1.807, 2.05) is 44.4 Å². The van der Waals surface area contributed by atoms with Crippen molar-refractivity contribution in [2.24, 2.45) is 0 Å². The number of furan rings is 1. The van der Waals surface area contributed by atoms with Crippen molar-refractivity contribution in [2.75, 3.05) is 0 Å². The standard InChI is InChI=1S/C16H16N2O3S/c1-9-6-14(22-8-9)16(19)17-7-12-4-5-13(20-12)15-10(2)18-21-11(15)3/h4-6,8H,7H2,1-3H3,(H,17,19). The van der Waals surface area contributed by atoms with Gasteiger partial charge in [-0.3, -0.25) is 4.79 Å². The maximum atomic E-state index is 12.0. The van der Waals surface area contributed by atoms with Crippen molar-refractivity contribution in [1.29, 1.82) is 0 Å². The molecule has 5 nitrogen and oxygen atoms in total. The van der Waals surface area contributed by atoms with Crippen molar-refractivity contribution in [3.8, 4) is 11.3 Å². The van der Waals surface area contributed by atoms with E-state index in [9.17, 15) is 4.79 Å². The molecule has 3 rings (SSSR count). The average Bonchev–Trinajstić information content (AvgIpc) is 3.18. The summed E-state index contributed by atoms with van der Waals surface area (Å²) in [5.41, 5.74) is 2.75. The summed E-state index contributed by atoms with van der Waals surface area (Å²) in [6.45, 7) is 6.03. The zero-order valence-corrected chi connectivity index (χ0v) is 13.4. The first kappa shape index (κ1) is 14.6. The van der Waals surface area contributed by atoms with Gasteiger partial charge >= 0.3 is 0 Å². The molecule has 0 spiro atoms. The summed E-state index contributed by atoms with van der Waals surface area (Å²) in [4.78, 5) is 12.7. The third kappa shape index (κ3) is 2.82. The number of aryl methyl sites for hydroxylation is 3. The van der Waals surface area contributed by atoms with Crippen LogP contribution in [0.3, 0.4) is 0 Å². The SMILES string of the molecule is Cc1csc(C(=O)NCc2ccc(-c3c(C)noc3C)o2)c1. The third-order valence-corrected chi connectivity index (χ3v) is 4.37. The van der Waals surface area contributed by atoms with Crippen LogP contribution in [0.5, 0.6) is 0 Å². The van der Waals surface area contributed by atoms with E-state index in [1.54, 1.807) is 0 Å². The van der Waals surface area contributed by atoms with Crippen LogP contribution in [0.25, 0.3) is 11.3 Å². The van der Waals surface area contributed by atoms with Crippen molar-refractivity contribution in [3.63, 3.8) is 0 Å². The minimum absolute atomic E-state index is 0.0895. The lowest BCUT2D eigenvalue weighted by atomic mass is 10.1. The van der Waals surface area contributed by atoms with Gasteiger partial charge in [-0.1, -0.05) is 5.16 Å². The molecule has 6 heteroatoms.